The maximum Gasteiger partial charge on any atom is 0.186 e. The molecule has 0 atom stereocenters. The van der Waals surface area contributed by atoms with Crippen LogP contribution in [0, 0.1) is 0 Å². The maximum absolute atomic E-state index is 12.7. The van der Waals surface area contributed by atoms with Gasteiger partial charge in [-0.1, -0.05) is 23.9 Å². The van der Waals surface area contributed by atoms with Gasteiger partial charge in [0.2, 0.25) is 0 Å². The second-order valence-electron chi connectivity index (χ2n) is 7.63. The van der Waals surface area contributed by atoms with Gasteiger partial charge in [-0.15, -0.1) is 0 Å². The first-order valence-electron chi connectivity index (χ1n) is 11.0. The lowest BCUT2D eigenvalue weighted by Gasteiger charge is -2.20. The standard InChI is InChI=1S/C28H23NO4S/c1-2-31-20-8-10-21(11-9-20)32-18-23-13-12-22(33-23)14-15-26(30)19-7-16-28-25(17-19)29-24-5-3-4-6-27(24)34-28/h3-17,29H,2,18H2,1H3/b15-14+. The number of allylic oxidation sites excluding steroid dienone is 1. The van der Waals surface area contributed by atoms with Crippen LogP contribution in [0.1, 0.15) is 28.8 Å². The lowest BCUT2D eigenvalue weighted by atomic mass is 10.1. The Morgan fingerprint density at radius 1 is 0.912 bits per heavy atom. The summed E-state index contributed by atoms with van der Waals surface area (Å²) in [5.74, 6) is 2.73. The highest BCUT2D eigenvalue weighted by Gasteiger charge is 2.16. The molecule has 5 nitrogen and oxygen atoms in total. The Bertz CT molecular complexity index is 1340. The molecule has 170 valence electrons. The van der Waals surface area contributed by atoms with Crippen LogP contribution in [0.15, 0.2) is 99.1 Å². The molecule has 1 aliphatic rings. The second kappa shape index (κ2) is 9.93. The number of hydrogen-bond donors (Lipinski definition) is 1. The molecule has 0 fully saturated rings. The second-order valence-corrected chi connectivity index (χ2v) is 8.71. The van der Waals surface area contributed by atoms with E-state index in [0.717, 1.165) is 27.8 Å². The number of ether oxygens (including phenoxy) is 2. The van der Waals surface area contributed by atoms with Crippen molar-refractivity contribution in [2.75, 3.05) is 11.9 Å². The van der Waals surface area contributed by atoms with Gasteiger partial charge in [0.25, 0.3) is 0 Å². The van der Waals surface area contributed by atoms with Gasteiger partial charge < -0.3 is 19.2 Å². The summed E-state index contributed by atoms with van der Waals surface area (Å²) in [6.07, 6.45) is 3.21. The molecular weight excluding hydrogens is 446 g/mol. The van der Waals surface area contributed by atoms with Gasteiger partial charge in [0.1, 0.15) is 29.6 Å². The van der Waals surface area contributed by atoms with Gasteiger partial charge in [-0.3, -0.25) is 4.79 Å². The molecule has 0 bridgehead atoms. The van der Waals surface area contributed by atoms with E-state index in [1.54, 1.807) is 17.8 Å². The highest BCUT2D eigenvalue weighted by Crippen LogP contribution is 2.44. The molecule has 2 heterocycles. The normalized spacial score (nSPS) is 12.0. The number of furan rings is 1. The number of carbonyl (C=O) groups excluding carboxylic acids is 1. The molecule has 6 heteroatoms. The first-order valence-corrected chi connectivity index (χ1v) is 11.8. The molecule has 0 saturated heterocycles. The fourth-order valence-electron chi connectivity index (χ4n) is 3.56. The van der Waals surface area contributed by atoms with Gasteiger partial charge in [-0.2, -0.15) is 0 Å². The molecule has 4 aromatic rings. The summed E-state index contributed by atoms with van der Waals surface area (Å²) in [6, 6.07) is 25.0. The third-order valence-corrected chi connectivity index (χ3v) is 6.39. The first-order chi connectivity index (χ1) is 16.7. The van der Waals surface area contributed by atoms with E-state index in [9.17, 15) is 4.79 Å². The minimum atomic E-state index is -0.0861. The van der Waals surface area contributed by atoms with Crippen LogP contribution in [0.4, 0.5) is 11.4 Å². The summed E-state index contributed by atoms with van der Waals surface area (Å²) in [4.78, 5) is 15.0. The van der Waals surface area contributed by atoms with Crippen LogP contribution in [0.25, 0.3) is 6.08 Å². The zero-order valence-corrected chi connectivity index (χ0v) is 19.4. The molecule has 0 saturated carbocycles. The van der Waals surface area contributed by atoms with E-state index in [1.807, 2.05) is 79.7 Å². The van der Waals surface area contributed by atoms with Crippen molar-refractivity contribution in [1.29, 1.82) is 0 Å². The predicted molar refractivity (Wildman–Crippen MR) is 134 cm³/mol. The van der Waals surface area contributed by atoms with Gasteiger partial charge in [0, 0.05) is 15.4 Å². The Labute approximate surface area is 202 Å². The Morgan fingerprint density at radius 3 is 2.50 bits per heavy atom. The molecule has 5 rings (SSSR count). The van der Waals surface area contributed by atoms with Crippen molar-refractivity contribution in [2.45, 2.75) is 23.3 Å². The van der Waals surface area contributed by atoms with E-state index >= 15 is 0 Å². The van der Waals surface area contributed by atoms with Gasteiger partial charge in [-0.05, 0) is 85.8 Å². The number of hydrogen-bond acceptors (Lipinski definition) is 6. The third-order valence-electron chi connectivity index (χ3n) is 5.24. The van der Waals surface area contributed by atoms with Crippen LogP contribution in [-0.2, 0) is 6.61 Å². The number of nitrogens with one attached hydrogen (secondary N) is 1. The summed E-state index contributed by atoms with van der Waals surface area (Å²) in [6.45, 7) is 2.87. The number of carbonyl (C=O) groups is 1. The van der Waals surface area contributed by atoms with Crippen molar-refractivity contribution in [3.8, 4) is 11.5 Å². The van der Waals surface area contributed by atoms with Crippen molar-refractivity contribution < 1.29 is 18.7 Å². The average molecular weight is 470 g/mol. The van der Waals surface area contributed by atoms with Crippen LogP contribution in [0.2, 0.25) is 0 Å². The van der Waals surface area contributed by atoms with Gasteiger partial charge in [0.05, 0.1) is 18.0 Å². The number of rotatable bonds is 8. The molecule has 0 unspecified atom stereocenters. The maximum atomic E-state index is 12.7. The highest BCUT2D eigenvalue weighted by molar-refractivity contribution is 7.99. The van der Waals surface area contributed by atoms with Crippen molar-refractivity contribution in [3.63, 3.8) is 0 Å². The number of fused-ring (bicyclic) bond motifs is 2. The summed E-state index contributed by atoms with van der Waals surface area (Å²) in [5, 5.41) is 3.41. The van der Waals surface area contributed by atoms with Crippen LogP contribution >= 0.6 is 11.8 Å². The quantitative estimate of drug-likeness (QED) is 0.189. The molecule has 1 N–H and O–H groups in total. The fourth-order valence-corrected chi connectivity index (χ4v) is 4.53. The van der Waals surface area contributed by atoms with Crippen molar-refractivity contribution >= 4 is 35.0 Å². The number of para-hydroxylation sites is 1. The van der Waals surface area contributed by atoms with E-state index in [-0.39, 0.29) is 5.78 Å². The predicted octanol–water partition coefficient (Wildman–Crippen LogP) is 7.36. The van der Waals surface area contributed by atoms with Crippen molar-refractivity contribution in [1.82, 2.24) is 0 Å². The zero-order valence-electron chi connectivity index (χ0n) is 18.6. The molecule has 34 heavy (non-hydrogen) atoms. The summed E-state index contributed by atoms with van der Waals surface area (Å²) < 4.78 is 17.0. The molecule has 0 spiro atoms. The lowest BCUT2D eigenvalue weighted by molar-refractivity contribution is 0.104. The Morgan fingerprint density at radius 2 is 1.68 bits per heavy atom. The van der Waals surface area contributed by atoms with Gasteiger partial charge in [-0.25, -0.2) is 0 Å². The molecular formula is C28H23NO4S. The van der Waals surface area contributed by atoms with Crippen LogP contribution in [0.3, 0.4) is 0 Å². The number of ketones is 1. The Kier molecular flexibility index (Phi) is 6.40. The van der Waals surface area contributed by atoms with E-state index < -0.39 is 0 Å². The minimum Gasteiger partial charge on any atom is -0.494 e. The van der Waals surface area contributed by atoms with E-state index in [4.69, 9.17) is 13.9 Å². The average Bonchev–Trinajstić information content (AvgIpc) is 3.33. The Balaban J connectivity index is 1.19. The van der Waals surface area contributed by atoms with Crippen LogP contribution < -0.4 is 14.8 Å². The van der Waals surface area contributed by atoms with Crippen LogP contribution in [0.5, 0.6) is 11.5 Å². The molecule has 0 radical (unpaired) electrons. The van der Waals surface area contributed by atoms with E-state index in [2.05, 4.69) is 11.4 Å². The zero-order chi connectivity index (χ0) is 23.3. The van der Waals surface area contributed by atoms with Gasteiger partial charge in [0.15, 0.2) is 5.78 Å². The number of anilines is 2. The highest BCUT2D eigenvalue weighted by atomic mass is 32.2. The molecule has 1 aliphatic heterocycles. The van der Waals surface area contributed by atoms with Gasteiger partial charge >= 0.3 is 0 Å². The third kappa shape index (κ3) is 5.02. The smallest absolute Gasteiger partial charge is 0.186 e. The SMILES string of the molecule is CCOc1ccc(OCc2ccc(/C=C/C(=O)c3ccc4c(c3)Nc3ccccc3S4)o2)cc1. The molecule has 0 amide bonds. The summed E-state index contributed by atoms with van der Waals surface area (Å²) >= 11 is 1.70. The van der Waals surface area contributed by atoms with E-state index in [0.29, 0.717) is 30.3 Å². The number of benzene rings is 3. The summed E-state index contributed by atoms with van der Waals surface area (Å²) in [5.41, 5.74) is 2.61. The van der Waals surface area contributed by atoms with E-state index in [1.165, 1.54) is 11.0 Å². The van der Waals surface area contributed by atoms with Crippen molar-refractivity contribution in [2.24, 2.45) is 0 Å². The van der Waals surface area contributed by atoms with Crippen LogP contribution in [-0.4, -0.2) is 12.4 Å². The minimum absolute atomic E-state index is 0.0861. The molecule has 1 aromatic heterocycles. The largest absolute Gasteiger partial charge is 0.494 e. The topological polar surface area (TPSA) is 60.7 Å². The Hall–Kier alpha value is -3.90. The fraction of sp³-hybridized carbons (Fsp3) is 0.107. The first kappa shape index (κ1) is 21.9. The van der Waals surface area contributed by atoms with Crippen molar-refractivity contribution in [3.05, 3.63) is 102 Å². The lowest BCUT2D eigenvalue weighted by Crippen LogP contribution is -2.02. The molecule has 3 aromatic carbocycles. The monoisotopic (exact) mass is 469 g/mol. The molecule has 0 aliphatic carbocycles. The summed E-state index contributed by atoms with van der Waals surface area (Å²) in [7, 11) is 0.